The zero-order valence-electron chi connectivity index (χ0n) is 26.5. The van der Waals surface area contributed by atoms with Crippen LogP contribution in [0.4, 0.5) is 16.4 Å². The second kappa shape index (κ2) is 13.6. The SMILES string of the molecule is CC(NC(=O)Nc1cc2c(cn1)c(NCc1cccnc1)nn2C(c1ccccc1)(c1ccccc1)c1ccccc1)c1ccccc1. The summed E-state index contributed by atoms with van der Waals surface area (Å²) in [5.41, 5.74) is 5.05. The summed E-state index contributed by atoms with van der Waals surface area (Å²) < 4.78 is 2.06. The molecule has 48 heavy (non-hydrogen) atoms. The van der Waals surface area contributed by atoms with Crippen molar-refractivity contribution < 1.29 is 4.79 Å². The average molecular weight is 630 g/mol. The number of rotatable bonds is 10. The zero-order chi connectivity index (χ0) is 32.8. The van der Waals surface area contributed by atoms with Gasteiger partial charge < -0.3 is 10.6 Å². The molecule has 0 spiro atoms. The quantitative estimate of drug-likeness (QED) is 0.133. The van der Waals surface area contributed by atoms with Crippen LogP contribution in [0.1, 0.15) is 40.8 Å². The monoisotopic (exact) mass is 629 g/mol. The van der Waals surface area contributed by atoms with E-state index in [1.165, 1.54) is 0 Å². The van der Waals surface area contributed by atoms with E-state index in [0.29, 0.717) is 18.2 Å². The maximum atomic E-state index is 13.2. The van der Waals surface area contributed by atoms with Gasteiger partial charge in [0.1, 0.15) is 11.4 Å². The Morgan fingerprint density at radius 3 is 1.90 bits per heavy atom. The topological polar surface area (TPSA) is 96.8 Å². The van der Waals surface area contributed by atoms with Crippen molar-refractivity contribution in [1.29, 1.82) is 0 Å². The van der Waals surface area contributed by atoms with Crippen molar-refractivity contribution in [2.75, 3.05) is 10.6 Å². The van der Waals surface area contributed by atoms with Gasteiger partial charge in [-0.3, -0.25) is 10.3 Å². The number of carbonyl (C=O) groups excluding carboxylic acids is 1. The van der Waals surface area contributed by atoms with Gasteiger partial charge in [-0.25, -0.2) is 14.5 Å². The number of benzene rings is 4. The van der Waals surface area contributed by atoms with Gasteiger partial charge in [0.2, 0.25) is 0 Å². The molecule has 0 aliphatic heterocycles. The predicted molar refractivity (Wildman–Crippen MR) is 191 cm³/mol. The molecule has 1 atom stereocenters. The molecule has 4 aromatic carbocycles. The molecule has 236 valence electrons. The summed E-state index contributed by atoms with van der Waals surface area (Å²) >= 11 is 0. The summed E-state index contributed by atoms with van der Waals surface area (Å²) in [5, 5.41) is 15.7. The molecule has 0 aliphatic carbocycles. The van der Waals surface area contributed by atoms with E-state index in [1.54, 1.807) is 12.4 Å². The summed E-state index contributed by atoms with van der Waals surface area (Å²) in [7, 11) is 0. The van der Waals surface area contributed by atoms with Crippen LogP contribution in [0, 0.1) is 0 Å². The minimum absolute atomic E-state index is 0.189. The number of nitrogens with one attached hydrogen (secondary N) is 3. The standard InChI is InChI=1S/C40H35N7O/c1-29(31-16-6-2-7-17-31)44-39(48)45-37-25-36-35(28-42-37)38(43-27-30-15-14-24-41-26-30)46-47(36)40(32-18-8-3-9-19-32,33-20-10-4-11-21-33)34-22-12-5-13-23-34/h2-26,28-29H,27H2,1H3,(H,43,46)(H2,42,44,45,48). The Labute approximate surface area is 279 Å². The van der Waals surface area contributed by atoms with Crippen molar-refractivity contribution in [1.82, 2.24) is 25.1 Å². The molecule has 2 amide bonds. The number of urea groups is 1. The summed E-state index contributed by atoms with van der Waals surface area (Å²) in [5.74, 6) is 1.07. The summed E-state index contributed by atoms with van der Waals surface area (Å²) in [4.78, 5) is 22.2. The van der Waals surface area contributed by atoms with Gasteiger partial charge >= 0.3 is 6.03 Å². The van der Waals surface area contributed by atoms with E-state index in [1.807, 2.05) is 79.9 Å². The predicted octanol–water partition coefficient (Wildman–Crippen LogP) is 8.16. The first kappa shape index (κ1) is 30.4. The number of nitrogens with zero attached hydrogens (tertiary/aromatic N) is 4. The summed E-state index contributed by atoms with van der Waals surface area (Å²) in [6.07, 6.45) is 5.37. The molecule has 1 unspecified atom stereocenters. The number of aromatic nitrogens is 4. The molecular formula is C40H35N7O. The molecule has 3 N–H and O–H groups in total. The minimum atomic E-state index is -0.876. The van der Waals surface area contributed by atoms with Crippen molar-refractivity contribution in [2.45, 2.75) is 25.0 Å². The maximum absolute atomic E-state index is 13.2. The minimum Gasteiger partial charge on any atom is -0.364 e. The smallest absolute Gasteiger partial charge is 0.320 e. The van der Waals surface area contributed by atoms with Crippen LogP contribution >= 0.6 is 0 Å². The first-order chi connectivity index (χ1) is 23.6. The molecular weight excluding hydrogens is 594 g/mol. The van der Waals surface area contributed by atoms with Crippen molar-refractivity contribution in [3.63, 3.8) is 0 Å². The van der Waals surface area contributed by atoms with Gasteiger partial charge in [-0.2, -0.15) is 5.10 Å². The molecule has 0 bridgehead atoms. The van der Waals surface area contributed by atoms with E-state index in [4.69, 9.17) is 5.10 Å². The molecule has 7 aromatic rings. The van der Waals surface area contributed by atoms with Crippen LogP contribution in [0.3, 0.4) is 0 Å². The lowest BCUT2D eigenvalue weighted by Gasteiger charge is -2.37. The van der Waals surface area contributed by atoms with E-state index in [2.05, 4.69) is 103 Å². The number of hydrogen-bond donors (Lipinski definition) is 3. The highest BCUT2D eigenvalue weighted by molar-refractivity contribution is 5.95. The van der Waals surface area contributed by atoms with E-state index in [9.17, 15) is 4.79 Å². The second-order valence-electron chi connectivity index (χ2n) is 11.6. The first-order valence-corrected chi connectivity index (χ1v) is 15.9. The van der Waals surface area contributed by atoms with Crippen LogP contribution in [-0.4, -0.2) is 25.8 Å². The lowest BCUT2D eigenvalue weighted by molar-refractivity contribution is 0.249. The maximum Gasteiger partial charge on any atom is 0.320 e. The third kappa shape index (κ3) is 5.99. The summed E-state index contributed by atoms with van der Waals surface area (Å²) in [6.45, 7) is 2.48. The van der Waals surface area contributed by atoms with Gasteiger partial charge in [-0.1, -0.05) is 127 Å². The van der Waals surface area contributed by atoms with E-state index in [0.717, 1.165) is 38.7 Å². The van der Waals surface area contributed by atoms with Gasteiger partial charge in [0.05, 0.1) is 16.9 Å². The van der Waals surface area contributed by atoms with Crippen molar-refractivity contribution in [3.8, 4) is 0 Å². The number of hydrogen-bond acceptors (Lipinski definition) is 5. The number of pyridine rings is 2. The fourth-order valence-electron chi connectivity index (χ4n) is 6.23. The van der Waals surface area contributed by atoms with Crippen LogP contribution in [0.25, 0.3) is 10.9 Å². The van der Waals surface area contributed by atoms with E-state index in [-0.39, 0.29) is 12.1 Å². The van der Waals surface area contributed by atoms with Crippen LogP contribution < -0.4 is 16.0 Å². The van der Waals surface area contributed by atoms with E-state index >= 15 is 0 Å². The molecule has 0 fully saturated rings. The Hall–Kier alpha value is -6.28. The molecule has 3 aromatic heterocycles. The van der Waals surface area contributed by atoms with Crippen molar-refractivity contribution in [3.05, 3.63) is 186 Å². The van der Waals surface area contributed by atoms with Gasteiger partial charge in [-0.15, -0.1) is 0 Å². The van der Waals surface area contributed by atoms with Gasteiger partial charge in [0.15, 0.2) is 5.82 Å². The molecule has 0 saturated carbocycles. The van der Waals surface area contributed by atoms with Gasteiger partial charge in [0.25, 0.3) is 0 Å². The van der Waals surface area contributed by atoms with Gasteiger partial charge in [-0.05, 0) is 40.8 Å². The van der Waals surface area contributed by atoms with Crippen molar-refractivity contribution in [2.24, 2.45) is 0 Å². The largest absolute Gasteiger partial charge is 0.364 e. The van der Waals surface area contributed by atoms with Crippen molar-refractivity contribution >= 4 is 28.6 Å². The third-order valence-corrected chi connectivity index (χ3v) is 8.53. The van der Waals surface area contributed by atoms with Gasteiger partial charge in [0, 0.05) is 31.2 Å². The summed E-state index contributed by atoms with van der Waals surface area (Å²) in [6, 6.07) is 46.3. The number of amides is 2. The molecule has 7 rings (SSSR count). The molecule has 8 nitrogen and oxygen atoms in total. The number of carbonyl (C=O) groups is 1. The van der Waals surface area contributed by atoms with Crippen LogP contribution in [0.5, 0.6) is 0 Å². The third-order valence-electron chi connectivity index (χ3n) is 8.53. The highest BCUT2D eigenvalue weighted by Gasteiger charge is 2.41. The molecule has 0 radical (unpaired) electrons. The normalized spacial score (nSPS) is 11.9. The molecule has 0 aliphatic rings. The highest BCUT2D eigenvalue weighted by atomic mass is 16.2. The Morgan fingerprint density at radius 1 is 0.750 bits per heavy atom. The Morgan fingerprint density at radius 2 is 1.33 bits per heavy atom. The lowest BCUT2D eigenvalue weighted by atomic mass is 9.77. The second-order valence-corrected chi connectivity index (χ2v) is 11.6. The van der Waals surface area contributed by atoms with Crippen LogP contribution in [-0.2, 0) is 12.1 Å². The fraction of sp³-hybridized carbons (Fsp3) is 0.100. The number of fused-ring (bicyclic) bond motifs is 1. The Bertz CT molecular complexity index is 2010. The zero-order valence-corrected chi connectivity index (χ0v) is 26.5. The molecule has 3 heterocycles. The highest BCUT2D eigenvalue weighted by Crippen LogP contribution is 2.43. The average Bonchev–Trinajstić information content (AvgIpc) is 3.51. The Balaban J connectivity index is 1.39. The van der Waals surface area contributed by atoms with Crippen LogP contribution in [0.2, 0.25) is 0 Å². The Kier molecular flexibility index (Phi) is 8.61. The number of anilines is 2. The molecule has 0 saturated heterocycles. The van der Waals surface area contributed by atoms with Crippen LogP contribution in [0.15, 0.2) is 158 Å². The van der Waals surface area contributed by atoms with E-state index < -0.39 is 5.54 Å². The fourth-order valence-corrected chi connectivity index (χ4v) is 6.23. The first-order valence-electron chi connectivity index (χ1n) is 15.9. The lowest BCUT2D eigenvalue weighted by Crippen LogP contribution is -2.38. The molecule has 8 heteroatoms.